The van der Waals surface area contributed by atoms with Crippen LogP contribution >= 0.6 is 11.3 Å². The molecule has 0 radical (unpaired) electrons. The first-order chi connectivity index (χ1) is 9.78. The maximum atomic E-state index is 12.2. The number of nitrogens with zero attached hydrogens (tertiary/aromatic N) is 5. The van der Waals surface area contributed by atoms with Crippen molar-refractivity contribution in [3.63, 3.8) is 0 Å². The van der Waals surface area contributed by atoms with E-state index in [0.717, 1.165) is 18.4 Å². The third kappa shape index (κ3) is 2.56. The lowest BCUT2D eigenvalue weighted by Crippen LogP contribution is -2.39. The normalized spacial score (nSPS) is 18.6. The summed E-state index contributed by atoms with van der Waals surface area (Å²) in [4.78, 5) is 15.2. The molecule has 3 heterocycles. The molecule has 0 saturated carbocycles. The molecule has 1 unspecified atom stereocenters. The van der Waals surface area contributed by atoms with Gasteiger partial charge < -0.3 is 10.0 Å². The smallest absolute Gasteiger partial charge is 0.246 e. The number of carbonyl (C=O) groups excluding carboxylic acids is 1. The monoisotopic (exact) mass is 293 g/mol. The quantitative estimate of drug-likeness (QED) is 0.881. The van der Waals surface area contributed by atoms with E-state index in [1.54, 1.807) is 16.2 Å². The van der Waals surface area contributed by atoms with E-state index in [4.69, 9.17) is 0 Å². The zero-order chi connectivity index (χ0) is 13.9. The van der Waals surface area contributed by atoms with E-state index in [2.05, 4.69) is 15.4 Å². The number of thiophene rings is 1. The van der Waals surface area contributed by atoms with E-state index < -0.39 is 0 Å². The van der Waals surface area contributed by atoms with Crippen molar-refractivity contribution in [1.29, 1.82) is 0 Å². The molecule has 0 spiro atoms. The Balaban J connectivity index is 1.67. The first-order valence-electron chi connectivity index (χ1n) is 6.48. The molecule has 2 aromatic heterocycles. The summed E-state index contributed by atoms with van der Waals surface area (Å²) in [7, 11) is 0. The zero-order valence-electron chi connectivity index (χ0n) is 10.8. The molecule has 1 aliphatic heterocycles. The number of likely N-dealkylation sites (tertiary alicyclic amines) is 1. The van der Waals surface area contributed by atoms with Crippen LogP contribution in [0.2, 0.25) is 0 Å². The van der Waals surface area contributed by atoms with E-state index in [1.807, 2.05) is 16.8 Å². The Bertz CT molecular complexity index is 582. The van der Waals surface area contributed by atoms with Crippen molar-refractivity contribution < 1.29 is 9.90 Å². The van der Waals surface area contributed by atoms with Gasteiger partial charge in [0.15, 0.2) is 0 Å². The Labute approximate surface area is 119 Å². The predicted molar refractivity (Wildman–Crippen MR) is 73.0 cm³/mol. The van der Waals surface area contributed by atoms with Crippen molar-refractivity contribution >= 4 is 17.2 Å². The summed E-state index contributed by atoms with van der Waals surface area (Å²) >= 11 is 1.56. The van der Waals surface area contributed by atoms with Crippen LogP contribution in [0.15, 0.2) is 16.8 Å². The Morgan fingerprint density at radius 2 is 2.45 bits per heavy atom. The fourth-order valence-corrected chi connectivity index (χ4v) is 3.02. The van der Waals surface area contributed by atoms with Crippen LogP contribution in [0.25, 0.3) is 11.4 Å². The zero-order valence-corrected chi connectivity index (χ0v) is 11.7. The maximum absolute atomic E-state index is 12.2. The molecule has 2 aromatic rings. The van der Waals surface area contributed by atoms with Crippen molar-refractivity contribution in [2.24, 2.45) is 0 Å². The highest BCUT2D eigenvalue weighted by atomic mass is 32.1. The number of aliphatic hydroxyl groups is 1. The summed E-state index contributed by atoms with van der Waals surface area (Å²) in [5, 5.41) is 25.2. The Morgan fingerprint density at radius 3 is 3.20 bits per heavy atom. The minimum Gasteiger partial charge on any atom is -0.394 e. The molecule has 1 fully saturated rings. The standard InChI is InChI=1S/C12H15N5O2S/c18-7-10-2-1-4-16(10)11(19)6-17-14-12(13-15-17)9-3-5-20-8-9/h3,5,8,10,18H,1-2,4,6-7H2. The Morgan fingerprint density at radius 1 is 1.55 bits per heavy atom. The van der Waals surface area contributed by atoms with Crippen molar-refractivity contribution in [3.05, 3.63) is 16.8 Å². The molecule has 7 nitrogen and oxygen atoms in total. The van der Waals surface area contributed by atoms with Crippen molar-refractivity contribution in [2.45, 2.75) is 25.4 Å². The Kier molecular flexibility index (Phi) is 3.75. The summed E-state index contributed by atoms with van der Waals surface area (Å²) in [6.45, 7) is 0.764. The van der Waals surface area contributed by atoms with Gasteiger partial charge in [-0.05, 0) is 29.5 Å². The van der Waals surface area contributed by atoms with E-state index in [-0.39, 0.29) is 25.1 Å². The highest BCUT2D eigenvalue weighted by molar-refractivity contribution is 7.08. The van der Waals surface area contributed by atoms with Crippen LogP contribution in [0.3, 0.4) is 0 Å². The lowest BCUT2D eigenvalue weighted by molar-refractivity contribution is -0.133. The van der Waals surface area contributed by atoms with Crippen molar-refractivity contribution in [2.75, 3.05) is 13.2 Å². The topological polar surface area (TPSA) is 84.1 Å². The molecule has 1 saturated heterocycles. The summed E-state index contributed by atoms with van der Waals surface area (Å²) in [5.41, 5.74) is 0.906. The molecule has 3 rings (SSSR count). The van der Waals surface area contributed by atoms with Crippen LogP contribution in [0.5, 0.6) is 0 Å². The number of rotatable bonds is 4. The SMILES string of the molecule is O=C(Cn1nnc(-c2ccsc2)n1)N1CCCC1CO. The van der Waals surface area contributed by atoms with Crippen LogP contribution in [-0.2, 0) is 11.3 Å². The molecule has 0 bridgehead atoms. The van der Waals surface area contributed by atoms with Gasteiger partial charge in [-0.25, -0.2) is 0 Å². The van der Waals surface area contributed by atoms with Gasteiger partial charge in [0.25, 0.3) is 0 Å². The molecule has 1 atom stereocenters. The van der Waals surface area contributed by atoms with Gasteiger partial charge in [0, 0.05) is 17.5 Å². The van der Waals surface area contributed by atoms with Crippen LogP contribution in [-0.4, -0.2) is 55.3 Å². The van der Waals surface area contributed by atoms with Crippen LogP contribution in [0, 0.1) is 0 Å². The van der Waals surface area contributed by atoms with Gasteiger partial charge in [-0.1, -0.05) is 0 Å². The number of hydrogen-bond donors (Lipinski definition) is 1. The summed E-state index contributed by atoms with van der Waals surface area (Å²) in [6, 6.07) is 1.85. The van der Waals surface area contributed by atoms with Gasteiger partial charge in [-0.15, -0.1) is 10.2 Å². The number of aliphatic hydroxyl groups excluding tert-OH is 1. The number of aromatic nitrogens is 4. The minimum absolute atomic E-state index is 0.0106. The number of carbonyl (C=O) groups is 1. The second kappa shape index (κ2) is 5.68. The number of tetrazole rings is 1. The molecule has 8 heteroatoms. The van der Waals surface area contributed by atoms with Crippen LogP contribution in [0.4, 0.5) is 0 Å². The van der Waals surface area contributed by atoms with Crippen LogP contribution in [0.1, 0.15) is 12.8 Å². The molecule has 0 aliphatic carbocycles. The summed E-state index contributed by atoms with van der Waals surface area (Å²) in [5.74, 6) is 0.454. The van der Waals surface area contributed by atoms with E-state index in [9.17, 15) is 9.90 Å². The van der Waals surface area contributed by atoms with Gasteiger partial charge in [-0.2, -0.15) is 16.1 Å². The average Bonchev–Trinajstić information content (AvgIpc) is 3.19. The molecule has 1 aliphatic rings. The third-order valence-corrected chi connectivity index (χ3v) is 4.10. The van der Waals surface area contributed by atoms with E-state index in [0.29, 0.717) is 12.4 Å². The van der Waals surface area contributed by atoms with E-state index in [1.165, 1.54) is 4.80 Å². The largest absolute Gasteiger partial charge is 0.394 e. The van der Waals surface area contributed by atoms with Crippen LogP contribution < -0.4 is 0 Å². The Hall–Kier alpha value is -1.80. The van der Waals surface area contributed by atoms with Gasteiger partial charge in [0.05, 0.1) is 12.6 Å². The predicted octanol–water partition coefficient (Wildman–Crippen LogP) is 0.385. The van der Waals surface area contributed by atoms with Gasteiger partial charge in [0.2, 0.25) is 11.7 Å². The highest BCUT2D eigenvalue weighted by Crippen LogP contribution is 2.18. The second-order valence-corrected chi connectivity index (χ2v) is 5.50. The van der Waals surface area contributed by atoms with Gasteiger partial charge in [-0.3, -0.25) is 4.79 Å². The molecular formula is C12H15N5O2S. The molecule has 20 heavy (non-hydrogen) atoms. The first kappa shape index (κ1) is 13.2. The van der Waals surface area contributed by atoms with Crippen molar-refractivity contribution in [3.8, 4) is 11.4 Å². The number of amides is 1. The average molecular weight is 293 g/mol. The fraction of sp³-hybridized carbons (Fsp3) is 0.500. The summed E-state index contributed by atoms with van der Waals surface area (Å²) < 4.78 is 0. The maximum Gasteiger partial charge on any atom is 0.246 e. The molecular weight excluding hydrogens is 278 g/mol. The fourth-order valence-electron chi connectivity index (χ4n) is 2.38. The molecule has 0 aromatic carbocycles. The molecule has 1 N–H and O–H groups in total. The second-order valence-electron chi connectivity index (χ2n) is 4.72. The molecule has 1 amide bonds. The first-order valence-corrected chi connectivity index (χ1v) is 7.43. The molecule has 106 valence electrons. The highest BCUT2D eigenvalue weighted by Gasteiger charge is 2.28. The number of hydrogen-bond acceptors (Lipinski definition) is 6. The van der Waals surface area contributed by atoms with E-state index >= 15 is 0 Å². The van der Waals surface area contributed by atoms with Gasteiger partial charge >= 0.3 is 0 Å². The van der Waals surface area contributed by atoms with Gasteiger partial charge in [0.1, 0.15) is 6.54 Å². The summed E-state index contributed by atoms with van der Waals surface area (Å²) in [6.07, 6.45) is 1.79. The lowest BCUT2D eigenvalue weighted by Gasteiger charge is -2.22. The van der Waals surface area contributed by atoms with Crippen molar-refractivity contribution in [1.82, 2.24) is 25.1 Å². The lowest BCUT2D eigenvalue weighted by atomic mass is 10.2. The third-order valence-electron chi connectivity index (χ3n) is 3.42. The minimum atomic E-state index is -0.0733.